The van der Waals surface area contributed by atoms with Crippen molar-refractivity contribution in [1.29, 1.82) is 0 Å². The second-order valence-electron chi connectivity index (χ2n) is 12.0. The third kappa shape index (κ3) is 4.63. The lowest BCUT2D eigenvalue weighted by Gasteiger charge is -2.49. The van der Waals surface area contributed by atoms with E-state index in [1.54, 1.807) is 67.0 Å². The minimum Gasteiger partial charge on any atom is -0.493 e. The highest BCUT2D eigenvalue weighted by Crippen LogP contribution is 2.58. The monoisotopic (exact) mass is 588 g/mol. The molecule has 2 fully saturated rings. The van der Waals surface area contributed by atoms with Crippen molar-refractivity contribution in [3.63, 3.8) is 0 Å². The molecule has 1 amide bonds. The lowest BCUT2D eigenvalue weighted by atomic mass is 9.64. The molecule has 2 saturated carbocycles. The van der Waals surface area contributed by atoms with Crippen LogP contribution >= 0.6 is 0 Å². The van der Waals surface area contributed by atoms with Gasteiger partial charge in [-0.3, -0.25) is 4.79 Å². The molecule has 0 saturated heterocycles. The molecule has 2 aromatic carbocycles. The average Bonchev–Trinajstić information content (AvgIpc) is 3.50. The van der Waals surface area contributed by atoms with Crippen molar-refractivity contribution in [3.05, 3.63) is 83.8 Å². The Balaban J connectivity index is 1.25. The molecule has 1 aromatic heterocycles. The van der Waals surface area contributed by atoms with E-state index < -0.39 is 10.0 Å². The third-order valence-electron chi connectivity index (χ3n) is 9.63. The number of nitrogens with zero attached hydrogens (tertiary/aromatic N) is 2. The molecular weight excluding hydrogens is 552 g/mol. The number of benzene rings is 2. The maximum absolute atomic E-state index is 14.2. The van der Waals surface area contributed by atoms with Crippen molar-refractivity contribution in [2.75, 3.05) is 20.7 Å². The fraction of sp³-hybridized carbons (Fsp3) is 0.424. The Bertz CT molecular complexity index is 1600. The number of carbonyl (C=O) groups excluding carboxylic acids is 1. The van der Waals surface area contributed by atoms with Crippen molar-refractivity contribution in [1.82, 2.24) is 9.21 Å². The van der Waals surface area contributed by atoms with Crippen LogP contribution in [0.2, 0.25) is 0 Å². The molecule has 2 heterocycles. The number of rotatable bonds is 9. The summed E-state index contributed by atoms with van der Waals surface area (Å²) in [5.74, 6) is 1.74. The molecule has 1 aliphatic heterocycles. The molecule has 5 atom stereocenters. The highest BCUT2D eigenvalue weighted by molar-refractivity contribution is 7.89. The summed E-state index contributed by atoms with van der Waals surface area (Å²) in [6.07, 6.45) is 10.5. The Labute approximate surface area is 247 Å². The fourth-order valence-corrected chi connectivity index (χ4v) is 9.12. The first kappa shape index (κ1) is 27.3. The van der Waals surface area contributed by atoms with Gasteiger partial charge in [0.2, 0.25) is 15.9 Å². The van der Waals surface area contributed by atoms with Crippen LogP contribution in [-0.2, 0) is 21.2 Å². The number of ether oxygens (including phenoxy) is 2. The SMILES string of the molecule is COc1ccc2c3c1O[C@@H]1[C@H]3[C@@H](CC[C@@H]1N(C)C(=O)/C=C/c1ccoc1)[C@H](N(CC1CC1)S(=O)(=O)c1ccccc1)C2. The summed E-state index contributed by atoms with van der Waals surface area (Å²) in [4.78, 5) is 15.4. The summed E-state index contributed by atoms with van der Waals surface area (Å²) in [6.45, 7) is 0.537. The van der Waals surface area contributed by atoms with Crippen LogP contribution < -0.4 is 9.47 Å². The molecule has 7 rings (SSSR count). The van der Waals surface area contributed by atoms with E-state index in [1.165, 1.54) is 0 Å². The summed E-state index contributed by atoms with van der Waals surface area (Å²) < 4.78 is 47.8. The van der Waals surface area contributed by atoms with Crippen molar-refractivity contribution < 1.29 is 27.1 Å². The maximum Gasteiger partial charge on any atom is 0.246 e. The van der Waals surface area contributed by atoms with E-state index in [9.17, 15) is 13.2 Å². The van der Waals surface area contributed by atoms with E-state index in [0.29, 0.717) is 29.5 Å². The average molecular weight is 589 g/mol. The number of likely N-dealkylation sites (N-methyl/N-ethyl adjacent to an activating group) is 1. The van der Waals surface area contributed by atoms with Gasteiger partial charge in [-0.2, -0.15) is 4.31 Å². The number of furan rings is 1. The Morgan fingerprint density at radius 3 is 2.57 bits per heavy atom. The summed E-state index contributed by atoms with van der Waals surface area (Å²) in [7, 11) is -0.234. The molecular formula is C33H36N2O6S. The first-order valence-corrected chi connectivity index (χ1v) is 16.2. The normalized spacial score (nSPS) is 26.2. The van der Waals surface area contributed by atoms with Crippen LogP contribution in [0.15, 0.2) is 76.4 Å². The second-order valence-corrected chi connectivity index (χ2v) is 13.9. The van der Waals surface area contributed by atoms with Crippen LogP contribution in [0, 0.1) is 11.8 Å². The highest BCUT2D eigenvalue weighted by atomic mass is 32.2. The molecule has 9 heteroatoms. The van der Waals surface area contributed by atoms with Crippen LogP contribution in [-0.4, -0.2) is 62.4 Å². The molecule has 0 bridgehead atoms. The van der Waals surface area contributed by atoms with E-state index >= 15 is 0 Å². The number of sulfonamides is 1. The van der Waals surface area contributed by atoms with Gasteiger partial charge >= 0.3 is 0 Å². The van der Waals surface area contributed by atoms with Gasteiger partial charge in [-0.25, -0.2) is 8.42 Å². The van der Waals surface area contributed by atoms with Crippen LogP contribution in [0.5, 0.6) is 11.5 Å². The highest BCUT2D eigenvalue weighted by Gasteiger charge is 2.57. The fourth-order valence-electron chi connectivity index (χ4n) is 7.35. The van der Waals surface area contributed by atoms with Crippen molar-refractivity contribution in [3.8, 4) is 11.5 Å². The van der Waals surface area contributed by atoms with Crippen LogP contribution in [0.4, 0.5) is 0 Å². The van der Waals surface area contributed by atoms with Gasteiger partial charge in [-0.1, -0.05) is 24.3 Å². The second kappa shape index (κ2) is 10.6. The zero-order chi connectivity index (χ0) is 29.0. The molecule has 0 N–H and O–H groups in total. The quantitative estimate of drug-likeness (QED) is 0.323. The molecule has 42 heavy (non-hydrogen) atoms. The summed E-state index contributed by atoms with van der Waals surface area (Å²) in [5.41, 5.74) is 3.06. The Morgan fingerprint density at radius 2 is 1.86 bits per heavy atom. The molecule has 3 aliphatic carbocycles. The largest absolute Gasteiger partial charge is 0.493 e. The zero-order valence-corrected chi connectivity index (χ0v) is 24.7. The van der Waals surface area contributed by atoms with Gasteiger partial charge in [0.05, 0.1) is 30.6 Å². The Morgan fingerprint density at radius 1 is 1.05 bits per heavy atom. The van der Waals surface area contributed by atoms with Crippen LogP contribution in [0.3, 0.4) is 0 Å². The van der Waals surface area contributed by atoms with Gasteiger partial charge < -0.3 is 18.8 Å². The molecule has 8 nitrogen and oxygen atoms in total. The van der Waals surface area contributed by atoms with Gasteiger partial charge in [0.25, 0.3) is 0 Å². The van der Waals surface area contributed by atoms with Crippen LogP contribution in [0.1, 0.15) is 48.3 Å². The van der Waals surface area contributed by atoms with E-state index in [-0.39, 0.29) is 35.9 Å². The number of hydrogen-bond acceptors (Lipinski definition) is 6. The molecule has 3 aromatic rings. The van der Waals surface area contributed by atoms with Crippen molar-refractivity contribution in [2.24, 2.45) is 11.8 Å². The molecule has 220 valence electrons. The van der Waals surface area contributed by atoms with Gasteiger partial charge in [0.1, 0.15) is 6.10 Å². The number of hydrogen-bond donors (Lipinski definition) is 0. The molecule has 0 radical (unpaired) electrons. The van der Waals surface area contributed by atoms with Crippen LogP contribution in [0.25, 0.3) is 6.08 Å². The van der Waals surface area contributed by atoms with E-state index in [1.807, 2.05) is 23.5 Å². The number of amides is 1. The molecule has 0 unspecified atom stereocenters. The minimum absolute atomic E-state index is 0.0385. The predicted molar refractivity (Wildman–Crippen MR) is 158 cm³/mol. The smallest absolute Gasteiger partial charge is 0.246 e. The van der Waals surface area contributed by atoms with Crippen molar-refractivity contribution in [2.45, 2.75) is 61.1 Å². The number of carbonyl (C=O) groups is 1. The minimum atomic E-state index is -3.71. The first-order valence-electron chi connectivity index (χ1n) is 14.8. The van der Waals surface area contributed by atoms with Gasteiger partial charge in [0.15, 0.2) is 11.5 Å². The summed E-state index contributed by atoms with van der Waals surface area (Å²) >= 11 is 0. The Kier molecular flexibility index (Phi) is 6.89. The molecule has 0 spiro atoms. The maximum atomic E-state index is 14.2. The summed E-state index contributed by atoms with van der Waals surface area (Å²) in [6, 6.07) is 14.3. The van der Waals surface area contributed by atoms with E-state index in [2.05, 4.69) is 6.07 Å². The van der Waals surface area contributed by atoms with E-state index in [0.717, 1.165) is 48.1 Å². The Hall–Kier alpha value is -3.56. The van der Waals surface area contributed by atoms with E-state index in [4.69, 9.17) is 13.9 Å². The summed E-state index contributed by atoms with van der Waals surface area (Å²) in [5, 5.41) is 0. The lowest BCUT2D eigenvalue weighted by molar-refractivity contribution is -0.130. The lowest BCUT2D eigenvalue weighted by Crippen LogP contribution is -2.57. The van der Waals surface area contributed by atoms with Gasteiger partial charge in [-0.05, 0) is 79.8 Å². The molecule has 4 aliphatic rings. The van der Waals surface area contributed by atoms with Gasteiger partial charge in [0, 0.05) is 42.8 Å². The predicted octanol–water partition coefficient (Wildman–Crippen LogP) is 5.11. The third-order valence-corrected chi connectivity index (χ3v) is 11.5. The standard InChI is InChI=1S/C33H36N2O6S/c1-34(29(36)15-10-22-16-17-40-20-22)26-13-12-25-27(18-23-11-14-28(39-2)33-30(23)31(25)32(26)41-33)35(19-21-8-9-21)42(37,38)24-6-4-3-5-7-24/h3-7,10-11,14-17,20-21,25-27,31-32H,8-9,12-13,18-19H2,1-2H3/b15-10+/t25-,26-,27+,31-,32-/m0/s1. The number of methoxy groups -OCH3 is 1. The van der Waals surface area contributed by atoms with Crippen molar-refractivity contribution >= 4 is 22.0 Å². The zero-order valence-electron chi connectivity index (χ0n) is 23.9. The first-order chi connectivity index (χ1) is 20.4. The topological polar surface area (TPSA) is 89.3 Å². The van der Waals surface area contributed by atoms with Gasteiger partial charge in [-0.15, -0.1) is 0 Å².